The number of rotatable bonds is 15. The van der Waals surface area contributed by atoms with Crippen LogP contribution in [-0.4, -0.2) is 131 Å². The van der Waals surface area contributed by atoms with Crippen molar-refractivity contribution in [2.45, 2.75) is 62.7 Å². The summed E-state index contributed by atoms with van der Waals surface area (Å²) in [7, 11) is 0. The predicted octanol–water partition coefficient (Wildman–Crippen LogP) is -0.633. The highest BCUT2D eigenvalue weighted by Gasteiger charge is 2.31. The Labute approximate surface area is 265 Å². The SMILES string of the molecule is Cc1cc2nc3cc(C)c(NCC(O)C(O)C(O)C(O)CO)cc3c(-c3ccccc3)c2cc1NCC(O)C(O)C(O)C(O)CO. The second-order valence-corrected chi connectivity index (χ2v) is 11.6. The zero-order valence-corrected chi connectivity index (χ0v) is 25.6. The quantitative estimate of drug-likeness (QED) is 0.0725. The minimum atomic E-state index is -1.74. The summed E-state index contributed by atoms with van der Waals surface area (Å²) >= 11 is 0. The normalized spacial score (nSPS) is 17.2. The van der Waals surface area contributed by atoms with Crippen molar-refractivity contribution in [1.29, 1.82) is 0 Å². The van der Waals surface area contributed by atoms with Crippen LogP contribution in [0, 0.1) is 13.8 Å². The van der Waals surface area contributed by atoms with E-state index in [1.165, 1.54) is 0 Å². The van der Waals surface area contributed by atoms with Crippen molar-refractivity contribution in [2.24, 2.45) is 0 Å². The molecule has 3 aromatic carbocycles. The number of benzene rings is 3. The molecule has 8 unspecified atom stereocenters. The number of anilines is 2. The maximum Gasteiger partial charge on any atom is 0.111 e. The second kappa shape index (κ2) is 15.4. The second-order valence-electron chi connectivity index (χ2n) is 11.6. The van der Waals surface area contributed by atoms with Crippen molar-refractivity contribution < 1.29 is 51.1 Å². The minimum absolute atomic E-state index is 0.171. The highest BCUT2D eigenvalue weighted by atomic mass is 16.4. The Hall–Kier alpha value is -3.47. The Morgan fingerprint density at radius 1 is 0.565 bits per heavy atom. The Bertz CT molecular complexity index is 1510. The van der Waals surface area contributed by atoms with Crippen molar-refractivity contribution >= 4 is 33.2 Å². The van der Waals surface area contributed by atoms with Gasteiger partial charge in [0.1, 0.15) is 36.6 Å². The van der Waals surface area contributed by atoms with Crippen molar-refractivity contribution in [3.63, 3.8) is 0 Å². The van der Waals surface area contributed by atoms with Gasteiger partial charge in [-0.2, -0.15) is 0 Å². The lowest BCUT2D eigenvalue weighted by atomic mass is 9.93. The molecule has 12 N–H and O–H groups in total. The van der Waals surface area contributed by atoms with Crippen molar-refractivity contribution in [3.05, 3.63) is 65.7 Å². The molecule has 4 rings (SSSR count). The maximum atomic E-state index is 10.5. The number of hydrogen-bond acceptors (Lipinski definition) is 13. The van der Waals surface area contributed by atoms with E-state index >= 15 is 0 Å². The van der Waals surface area contributed by atoms with Gasteiger partial charge in [-0.15, -0.1) is 0 Å². The molecule has 46 heavy (non-hydrogen) atoms. The zero-order chi connectivity index (χ0) is 33.7. The lowest BCUT2D eigenvalue weighted by Gasteiger charge is -2.26. The highest BCUT2D eigenvalue weighted by molar-refractivity contribution is 6.11. The maximum absolute atomic E-state index is 10.5. The molecule has 0 fully saturated rings. The summed E-state index contributed by atoms with van der Waals surface area (Å²) in [5.74, 6) is 0. The van der Waals surface area contributed by atoms with Gasteiger partial charge in [0.05, 0.1) is 36.5 Å². The first-order chi connectivity index (χ1) is 21.9. The molecule has 0 amide bonds. The molecule has 0 spiro atoms. The van der Waals surface area contributed by atoms with Crippen LogP contribution in [0.25, 0.3) is 32.9 Å². The molecule has 0 saturated heterocycles. The fourth-order valence-electron chi connectivity index (χ4n) is 5.34. The largest absolute Gasteiger partial charge is 0.394 e. The molecule has 1 heterocycles. The van der Waals surface area contributed by atoms with Crippen molar-refractivity contribution in [3.8, 4) is 11.1 Å². The average Bonchev–Trinajstić information content (AvgIpc) is 3.06. The Kier molecular flexibility index (Phi) is 11.9. The standard InChI is InChI=1S/C33H43N3O10/c1-16-8-23-19(10-21(16)34-12-25(39)30(43)32(45)27(41)14-37)29(18-6-4-3-5-7-18)20-11-22(17(2)9-24(20)36-23)35-13-26(40)31(44)33(46)28(42)15-38/h3-11,25-28,30-35,37-46H,12-15H2,1-2H3. The Morgan fingerprint density at radius 3 is 1.35 bits per heavy atom. The highest BCUT2D eigenvalue weighted by Crippen LogP contribution is 2.39. The van der Waals surface area contributed by atoms with Crippen molar-refractivity contribution in [1.82, 2.24) is 4.98 Å². The molecule has 0 radical (unpaired) electrons. The zero-order valence-electron chi connectivity index (χ0n) is 25.6. The molecule has 13 nitrogen and oxygen atoms in total. The fourth-order valence-corrected chi connectivity index (χ4v) is 5.34. The van der Waals surface area contributed by atoms with Gasteiger partial charge in [0, 0.05) is 40.8 Å². The van der Waals surface area contributed by atoms with Crippen LogP contribution < -0.4 is 10.6 Å². The molecule has 1 aromatic heterocycles. The molecule has 0 aliphatic heterocycles. The van der Waals surface area contributed by atoms with E-state index in [2.05, 4.69) is 10.6 Å². The monoisotopic (exact) mass is 641 g/mol. The molecule has 4 aromatic rings. The van der Waals surface area contributed by atoms with E-state index in [1.54, 1.807) is 0 Å². The summed E-state index contributed by atoms with van der Waals surface area (Å²) < 4.78 is 0. The van der Waals surface area contributed by atoms with E-state index in [-0.39, 0.29) is 13.1 Å². The number of aliphatic hydroxyl groups is 10. The summed E-state index contributed by atoms with van der Waals surface area (Å²) in [6.45, 7) is 1.83. The number of hydrogen-bond donors (Lipinski definition) is 12. The van der Waals surface area contributed by atoms with Gasteiger partial charge in [0.2, 0.25) is 0 Å². The molecule has 0 saturated carbocycles. The first-order valence-electron chi connectivity index (χ1n) is 15.0. The first kappa shape index (κ1) is 35.4. The van der Waals surface area contributed by atoms with Crippen LogP contribution in [0.15, 0.2) is 54.6 Å². The molecular formula is C33H43N3O10. The molecule has 13 heteroatoms. The number of nitrogens with one attached hydrogen (secondary N) is 2. The minimum Gasteiger partial charge on any atom is -0.394 e. The number of aryl methyl sites for hydroxylation is 2. The van der Waals surface area contributed by atoms with Gasteiger partial charge in [0.15, 0.2) is 0 Å². The summed E-state index contributed by atoms with van der Waals surface area (Å²) in [6, 6.07) is 17.1. The van der Waals surface area contributed by atoms with E-state index in [9.17, 15) is 40.9 Å². The van der Waals surface area contributed by atoms with Gasteiger partial charge in [0.25, 0.3) is 0 Å². The lowest BCUT2D eigenvalue weighted by Crippen LogP contribution is -2.48. The van der Waals surface area contributed by atoms with Crippen LogP contribution in [0.4, 0.5) is 11.4 Å². The van der Waals surface area contributed by atoms with Gasteiger partial charge < -0.3 is 61.7 Å². The van der Waals surface area contributed by atoms with E-state index in [4.69, 9.17) is 15.2 Å². The molecule has 8 atom stereocenters. The third-order valence-corrected chi connectivity index (χ3v) is 8.18. The van der Waals surface area contributed by atoms with Crippen LogP contribution in [0.3, 0.4) is 0 Å². The van der Waals surface area contributed by atoms with E-state index in [1.807, 2.05) is 68.4 Å². The third kappa shape index (κ3) is 7.73. The Morgan fingerprint density at radius 2 is 0.957 bits per heavy atom. The molecule has 0 aliphatic rings. The molecule has 0 aliphatic carbocycles. The summed E-state index contributed by atoms with van der Waals surface area (Å²) in [5, 5.41) is 107. The van der Waals surface area contributed by atoms with Gasteiger partial charge in [-0.05, 0) is 54.8 Å². The van der Waals surface area contributed by atoms with Crippen LogP contribution in [-0.2, 0) is 0 Å². The summed E-state index contributed by atoms with van der Waals surface area (Å²) in [4.78, 5) is 4.92. The first-order valence-corrected chi connectivity index (χ1v) is 15.0. The van der Waals surface area contributed by atoms with Gasteiger partial charge >= 0.3 is 0 Å². The smallest absolute Gasteiger partial charge is 0.111 e. The van der Waals surface area contributed by atoms with Crippen LogP contribution in [0.5, 0.6) is 0 Å². The summed E-state index contributed by atoms with van der Waals surface area (Å²) in [5.41, 5.74) is 5.98. The summed E-state index contributed by atoms with van der Waals surface area (Å²) in [6.07, 6.45) is -13.1. The van der Waals surface area contributed by atoms with E-state index in [0.717, 1.165) is 33.0 Å². The van der Waals surface area contributed by atoms with Crippen LogP contribution in [0.2, 0.25) is 0 Å². The van der Waals surface area contributed by atoms with Gasteiger partial charge in [-0.3, -0.25) is 0 Å². The van der Waals surface area contributed by atoms with Gasteiger partial charge in [-0.1, -0.05) is 30.3 Å². The average molecular weight is 642 g/mol. The third-order valence-electron chi connectivity index (χ3n) is 8.18. The number of pyridine rings is 1. The molecular weight excluding hydrogens is 598 g/mol. The number of fused-ring (bicyclic) bond motifs is 2. The van der Waals surface area contributed by atoms with Crippen LogP contribution >= 0.6 is 0 Å². The molecule has 250 valence electrons. The topological polar surface area (TPSA) is 239 Å². The van der Waals surface area contributed by atoms with Crippen molar-refractivity contribution in [2.75, 3.05) is 36.9 Å². The fraction of sp³-hybridized carbons (Fsp3) is 0.424. The van der Waals surface area contributed by atoms with E-state index < -0.39 is 62.0 Å². The molecule has 0 bridgehead atoms. The van der Waals surface area contributed by atoms with Gasteiger partial charge in [-0.25, -0.2) is 4.98 Å². The number of aromatic nitrogens is 1. The van der Waals surface area contributed by atoms with Crippen LogP contribution in [0.1, 0.15) is 11.1 Å². The number of nitrogens with zero attached hydrogens (tertiary/aromatic N) is 1. The predicted molar refractivity (Wildman–Crippen MR) is 173 cm³/mol. The number of aliphatic hydroxyl groups excluding tert-OH is 10. The Balaban J connectivity index is 1.72. The van der Waals surface area contributed by atoms with E-state index in [0.29, 0.717) is 22.4 Å². The lowest BCUT2D eigenvalue weighted by molar-refractivity contribution is -0.111.